The lowest BCUT2D eigenvalue weighted by molar-refractivity contribution is -0.141. The van der Waals surface area contributed by atoms with Crippen molar-refractivity contribution in [2.75, 3.05) is 5.75 Å². The zero-order valence-corrected chi connectivity index (χ0v) is 19.7. The Balaban J connectivity index is 1.33. The van der Waals surface area contributed by atoms with Crippen LogP contribution in [0.4, 0.5) is 0 Å². The van der Waals surface area contributed by atoms with Gasteiger partial charge in [0.25, 0.3) is 0 Å². The number of aryl methyl sites for hydroxylation is 1. The minimum absolute atomic E-state index is 0.0226. The lowest BCUT2D eigenvalue weighted by atomic mass is 10.1. The summed E-state index contributed by atoms with van der Waals surface area (Å²) in [6.45, 7) is 1.89. The molecule has 0 radical (unpaired) electrons. The van der Waals surface area contributed by atoms with Crippen LogP contribution in [0.15, 0.2) is 99.3 Å². The van der Waals surface area contributed by atoms with E-state index in [1.807, 2.05) is 84.3 Å². The van der Waals surface area contributed by atoms with Gasteiger partial charge in [0.1, 0.15) is 12.2 Å². The first-order valence-corrected chi connectivity index (χ1v) is 11.9. The average molecular weight is 484 g/mol. The number of ether oxygens (including phenoxy) is 1. The Morgan fingerprint density at radius 3 is 2.49 bits per heavy atom. The first-order valence-electron chi connectivity index (χ1n) is 11.0. The minimum Gasteiger partial charge on any atom is -0.460 e. The van der Waals surface area contributed by atoms with E-state index in [-0.39, 0.29) is 12.4 Å². The molecule has 7 nitrogen and oxygen atoms in total. The summed E-state index contributed by atoms with van der Waals surface area (Å²) in [5.41, 5.74) is 3.39. The number of hydrogen-bond donors (Lipinski definition) is 0. The van der Waals surface area contributed by atoms with E-state index in [4.69, 9.17) is 9.15 Å². The van der Waals surface area contributed by atoms with Crippen molar-refractivity contribution in [1.82, 2.24) is 14.8 Å². The second-order valence-corrected chi connectivity index (χ2v) is 8.83. The maximum Gasteiger partial charge on any atom is 0.336 e. The lowest BCUT2D eigenvalue weighted by Crippen LogP contribution is -2.10. The summed E-state index contributed by atoms with van der Waals surface area (Å²) in [7, 11) is 0. The number of carbonyl (C=O) groups is 1. The quantitative estimate of drug-likeness (QED) is 0.179. The molecule has 0 amide bonds. The number of fused-ring (bicyclic) bond motifs is 1. The zero-order chi connectivity index (χ0) is 24.2. The molecule has 0 bridgehead atoms. The minimum atomic E-state index is -0.479. The first kappa shape index (κ1) is 22.6. The lowest BCUT2D eigenvalue weighted by Gasteiger charge is -2.10. The van der Waals surface area contributed by atoms with Crippen molar-refractivity contribution >= 4 is 28.7 Å². The fourth-order valence-electron chi connectivity index (χ4n) is 3.73. The molecule has 0 aliphatic carbocycles. The fourth-order valence-corrected chi connectivity index (χ4v) is 4.48. The average Bonchev–Trinajstić information content (AvgIpc) is 3.30. The molecule has 5 rings (SSSR count). The number of hydrogen-bond acceptors (Lipinski definition) is 7. The molecule has 35 heavy (non-hydrogen) atoms. The van der Waals surface area contributed by atoms with Crippen molar-refractivity contribution in [2.45, 2.75) is 18.7 Å². The highest BCUT2D eigenvalue weighted by atomic mass is 32.2. The van der Waals surface area contributed by atoms with Crippen molar-refractivity contribution in [2.24, 2.45) is 0 Å². The van der Waals surface area contributed by atoms with E-state index in [1.54, 1.807) is 6.07 Å². The molecule has 5 aromatic rings. The Hall–Kier alpha value is -4.17. The first-order chi connectivity index (χ1) is 17.1. The molecule has 0 fully saturated rings. The Morgan fingerprint density at radius 2 is 1.71 bits per heavy atom. The molecule has 0 saturated heterocycles. The third-order valence-electron chi connectivity index (χ3n) is 5.37. The topological polar surface area (TPSA) is 87.2 Å². The van der Waals surface area contributed by atoms with Gasteiger partial charge in [-0.05, 0) is 30.7 Å². The van der Waals surface area contributed by atoms with E-state index in [0.29, 0.717) is 22.1 Å². The van der Waals surface area contributed by atoms with Crippen LogP contribution in [0.3, 0.4) is 0 Å². The Kier molecular flexibility index (Phi) is 6.45. The number of rotatable bonds is 7. The molecule has 174 valence electrons. The van der Waals surface area contributed by atoms with Crippen molar-refractivity contribution in [1.29, 1.82) is 0 Å². The van der Waals surface area contributed by atoms with Crippen LogP contribution in [0, 0.1) is 6.92 Å². The largest absolute Gasteiger partial charge is 0.460 e. The Labute approximate surface area is 205 Å². The van der Waals surface area contributed by atoms with Gasteiger partial charge in [-0.2, -0.15) is 0 Å². The van der Waals surface area contributed by atoms with Gasteiger partial charge in [-0.15, -0.1) is 10.2 Å². The highest BCUT2D eigenvalue weighted by molar-refractivity contribution is 7.99. The van der Waals surface area contributed by atoms with Crippen LogP contribution in [-0.2, 0) is 16.1 Å². The number of nitrogens with zero attached hydrogens (tertiary/aromatic N) is 3. The van der Waals surface area contributed by atoms with E-state index in [0.717, 1.165) is 22.2 Å². The number of para-hydroxylation sites is 1. The van der Waals surface area contributed by atoms with E-state index in [2.05, 4.69) is 10.2 Å². The van der Waals surface area contributed by atoms with Gasteiger partial charge in [-0.3, -0.25) is 9.36 Å². The highest BCUT2D eigenvalue weighted by Crippen LogP contribution is 2.28. The molecular weight excluding hydrogens is 462 g/mol. The highest BCUT2D eigenvalue weighted by Gasteiger charge is 2.18. The third kappa shape index (κ3) is 5.02. The van der Waals surface area contributed by atoms with Crippen LogP contribution >= 0.6 is 11.8 Å². The van der Waals surface area contributed by atoms with Gasteiger partial charge in [-0.1, -0.05) is 72.4 Å². The van der Waals surface area contributed by atoms with Gasteiger partial charge in [0.05, 0.1) is 5.75 Å². The third-order valence-corrected chi connectivity index (χ3v) is 6.28. The molecule has 0 N–H and O–H groups in total. The van der Waals surface area contributed by atoms with E-state index in [1.165, 1.54) is 17.8 Å². The van der Waals surface area contributed by atoms with Gasteiger partial charge in [-0.25, -0.2) is 4.79 Å². The van der Waals surface area contributed by atoms with Crippen LogP contribution in [0.1, 0.15) is 11.1 Å². The van der Waals surface area contributed by atoms with Gasteiger partial charge in [0.2, 0.25) is 0 Å². The van der Waals surface area contributed by atoms with E-state index < -0.39 is 11.6 Å². The van der Waals surface area contributed by atoms with Gasteiger partial charge < -0.3 is 9.15 Å². The predicted octanol–water partition coefficient (Wildman–Crippen LogP) is 5.18. The molecule has 0 saturated carbocycles. The fraction of sp³-hybridized carbons (Fsp3) is 0.111. The summed E-state index contributed by atoms with van der Waals surface area (Å²) >= 11 is 1.24. The van der Waals surface area contributed by atoms with Crippen LogP contribution in [0.25, 0.3) is 28.0 Å². The number of benzene rings is 3. The predicted molar refractivity (Wildman–Crippen MR) is 135 cm³/mol. The van der Waals surface area contributed by atoms with Crippen molar-refractivity contribution in [3.05, 3.63) is 106 Å². The number of thioether (sulfide) groups is 1. The monoisotopic (exact) mass is 483 g/mol. The Morgan fingerprint density at radius 1 is 0.971 bits per heavy atom. The maximum atomic E-state index is 12.6. The van der Waals surface area contributed by atoms with Crippen LogP contribution in [0.2, 0.25) is 0 Å². The molecular formula is C27H21N3O4S. The molecule has 0 spiro atoms. The van der Waals surface area contributed by atoms with Gasteiger partial charge in [0.15, 0.2) is 11.0 Å². The summed E-state index contributed by atoms with van der Waals surface area (Å²) in [5.74, 6) is 0.302. The molecule has 0 aliphatic rings. The second-order valence-electron chi connectivity index (χ2n) is 7.88. The number of carbonyl (C=O) groups excluding carboxylic acids is 1. The van der Waals surface area contributed by atoms with Crippen LogP contribution in [0.5, 0.6) is 0 Å². The van der Waals surface area contributed by atoms with Crippen molar-refractivity contribution < 1.29 is 13.9 Å². The normalized spacial score (nSPS) is 11.0. The standard InChI is InChI=1S/C27H21N3O4S/c1-18-12-13-22-20(15-24(31)34-23(22)14-18)16-33-25(32)17-35-27-29-28-26(19-8-4-2-5-9-19)30(27)21-10-6-3-7-11-21/h2-15H,16-17H2,1H3. The van der Waals surface area contributed by atoms with E-state index >= 15 is 0 Å². The smallest absolute Gasteiger partial charge is 0.336 e. The SMILES string of the molecule is Cc1ccc2c(COC(=O)CSc3nnc(-c4ccccc4)n3-c3ccccc3)cc(=O)oc2c1. The molecule has 0 atom stereocenters. The zero-order valence-electron chi connectivity index (χ0n) is 18.9. The second kappa shape index (κ2) is 9.99. The molecule has 0 unspecified atom stereocenters. The van der Waals surface area contributed by atoms with Crippen LogP contribution < -0.4 is 5.63 Å². The number of aromatic nitrogens is 3. The van der Waals surface area contributed by atoms with Crippen LogP contribution in [-0.4, -0.2) is 26.5 Å². The molecule has 3 aromatic carbocycles. The summed E-state index contributed by atoms with van der Waals surface area (Å²) in [5, 5.41) is 10.0. The molecule has 0 aliphatic heterocycles. The number of esters is 1. The van der Waals surface area contributed by atoms with Gasteiger partial charge in [0, 0.05) is 28.3 Å². The van der Waals surface area contributed by atoms with Gasteiger partial charge >= 0.3 is 11.6 Å². The van der Waals surface area contributed by atoms with E-state index in [9.17, 15) is 9.59 Å². The molecule has 8 heteroatoms. The summed E-state index contributed by atoms with van der Waals surface area (Å²) < 4.78 is 12.7. The summed E-state index contributed by atoms with van der Waals surface area (Å²) in [6.07, 6.45) is 0. The van der Waals surface area contributed by atoms with Crippen molar-refractivity contribution in [3.8, 4) is 17.1 Å². The summed E-state index contributed by atoms with van der Waals surface area (Å²) in [4.78, 5) is 24.5. The Bertz CT molecular complexity index is 1550. The molecule has 2 aromatic heterocycles. The summed E-state index contributed by atoms with van der Waals surface area (Å²) in [6, 6.07) is 26.4. The molecule has 2 heterocycles. The van der Waals surface area contributed by atoms with Crippen molar-refractivity contribution in [3.63, 3.8) is 0 Å². The maximum absolute atomic E-state index is 12.6.